The molecule has 0 aliphatic carbocycles. The molecule has 0 spiro atoms. The van der Waals surface area contributed by atoms with Gasteiger partial charge in [0.1, 0.15) is 0 Å². The van der Waals surface area contributed by atoms with Crippen molar-refractivity contribution < 1.29 is 0 Å². The van der Waals surface area contributed by atoms with Crippen LogP contribution in [0.1, 0.15) is 11.3 Å². The Hall–Kier alpha value is -1.95. The summed E-state index contributed by atoms with van der Waals surface area (Å²) in [6.07, 6.45) is 5.45. The van der Waals surface area contributed by atoms with Crippen molar-refractivity contribution >= 4 is 32.7 Å². The summed E-state index contributed by atoms with van der Waals surface area (Å²) in [5.41, 5.74) is 3.98. The number of aromatic nitrogens is 4. The van der Waals surface area contributed by atoms with Gasteiger partial charge >= 0.3 is 0 Å². The van der Waals surface area contributed by atoms with Crippen molar-refractivity contribution in [3.05, 3.63) is 46.5 Å². The summed E-state index contributed by atoms with van der Waals surface area (Å²) in [5, 5.41) is 8.80. The molecule has 0 saturated carbocycles. The Bertz CT molecular complexity index is 765. The molecule has 0 unspecified atom stereocenters. The van der Waals surface area contributed by atoms with Gasteiger partial charge in [-0.2, -0.15) is 5.10 Å². The molecule has 0 saturated heterocycles. The molecule has 3 rings (SSSR count). The lowest BCUT2D eigenvalue weighted by Gasteiger charge is -2.06. The van der Waals surface area contributed by atoms with E-state index in [1.807, 2.05) is 32.4 Å². The number of aryl methyl sites for hydroxylation is 2. The van der Waals surface area contributed by atoms with Crippen molar-refractivity contribution in [3.63, 3.8) is 0 Å². The van der Waals surface area contributed by atoms with Crippen LogP contribution >= 0.6 is 15.9 Å². The van der Waals surface area contributed by atoms with E-state index in [-0.39, 0.29) is 0 Å². The molecule has 0 bridgehead atoms. The van der Waals surface area contributed by atoms with Gasteiger partial charge in [-0.3, -0.25) is 9.67 Å². The molecule has 0 aromatic carbocycles. The van der Waals surface area contributed by atoms with Gasteiger partial charge in [0.15, 0.2) is 5.65 Å². The molecular weight excluding hydrogens is 318 g/mol. The van der Waals surface area contributed by atoms with Gasteiger partial charge in [-0.15, -0.1) is 0 Å². The van der Waals surface area contributed by atoms with Crippen LogP contribution in [0.15, 0.2) is 35.2 Å². The highest BCUT2D eigenvalue weighted by molar-refractivity contribution is 9.10. The lowest BCUT2D eigenvalue weighted by Crippen LogP contribution is -2.00. The largest absolute Gasteiger partial charge is 0.380 e. The van der Waals surface area contributed by atoms with Crippen molar-refractivity contribution in [1.29, 1.82) is 0 Å². The summed E-state index contributed by atoms with van der Waals surface area (Å²) < 4.78 is 2.78. The van der Waals surface area contributed by atoms with Crippen LogP contribution in [0.3, 0.4) is 0 Å². The Balaban J connectivity index is 1.83. The molecule has 0 fully saturated rings. The minimum absolute atomic E-state index is 0.707. The summed E-state index contributed by atoms with van der Waals surface area (Å²) in [6, 6.07) is 4.12. The van der Waals surface area contributed by atoms with Crippen LogP contribution in [0.4, 0.5) is 5.69 Å². The van der Waals surface area contributed by atoms with E-state index < -0.39 is 0 Å². The first-order chi connectivity index (χ1) is 9.63. The monoisotopic (exact) mass is 331 g/mol. The van der Waals surface area contributed by atoms with Gasteiger partial charge in [0.25, 0.3) is 0 Å². The van der Waals surface area contributed by atoms with E-state index in [4.69, 9.17) is 0 Å². The average Bonchev–Trinajstić information content (AvgIpc) is 2.72. The fraction of sp³-hybridized carbons (Fsp3) is 0.214. The highest BCUT2D eigenvalue weighted by Gasteiger charge is 2.06. The van der Waals surface area contributed by atoms with Gasteiger partial charge in [-0.25, -0.2) is 4.98 Å². The van der Waals surface area contributed by atoms with Gasteiger partial charge in [-0.05, 0) is 40.5 Å². The molecule has 0 atom stereocenters. The second-order valence-electron chi connectivity index (χ2n) is 4.67. The van der Waals surface area contributed by atoms with Gasteiger partial charge in [0, 0.05) is 35.8 Å². The topological polar surface area (TPSA) is 55.6 Å². The van der Waals surface area contributed by atoms with E-state index in [0.29, 0.717) is 6.54 Å². The van der Waals surface area contributed by atoms with Crippen LogP contribution in [0, 0.1) is 6.92 Å². The second-order valence-corrected chi connectivity index (χ2v) is 5.58. The summed E-state index contributed by atoms with van der Waals surface area (Å²) in [5.74, 6) is 0. The van der Waals surface area contributed by atoms with Crippen LogP contribution in [-0.4, -0.2) is 19.7 Å². The third-order valence-electron chi connectivity index (χ3n) is 3.12. The number of hydrogen-bond acceptors (Lipinski definition) is 4. The normalized spacial score (nSPS) is 10.9. The Morgan fingerprint density at radius 2 is 2.10 bits per heavy atom. The van der Waals surface area contributed by atoms with E-state index >= 15 is 0 Å². The summed E-state index contributed by atoms with van der Waals surface area (Å²) in [6.45, 7) is 2.70. The highest BCUT2D eigenvalue weighted by atomic mass is 79.9. The number of nitrogens with zero attached hydrogens (tertiary/aromatic N) is 4. The highest BCUT2D eigenvalue weighted by Crippen LogP contribution is 2.20. The fourth-order valence-electron chi connectivity index (χ4n) is 2.16. The molecule has 0 radical (unpaired) electrons. The number of anilines is 1. The van der Waals surface area contributed by atoms with E-state index in [0.717, 1.165) is 32.5 Å². The number of rotatable bonds is 3. The first-order valence-corrected chi connectivity index (χ1v) is 7.05. The molecule has 0 aliphatic rings. The van der Waals surface area contributed by atoms with Crippen LogP contribution in [-0.2, 0) is 13.6 Å². The quantitative estimate of drug-likeness (QED) is 0.801. The first kappa shape index (κ1) is 13.1. The molecule has 6 heteroatoms. The predicted octanol–water partition coefficient (Wildman–Crippen LogP) is 3.05. The summed E-state index contributed by atoms with van der Waals surface area (Å²) >= 11 is 3.42. The smallest absolute Gasteiger partial charge is 0.157 e. The maximum absolute atomic E-state index is 4.44. The molecule has 20 heavy (non-hydrogen) atoms. The van der Waals surface area contributed by atoms with Crippen LogP contribution in [0.25, 0.3) is 11.0 Å². The molecule has 0 amide bonds. The van der Waals surface area contributed by atoms with Gasteiger partial charge in [-0.1, -0.05) is 0 Å². The summed E-state index contributed by atoms with van der Waals surface area (Å²) in [4.78, 5) is 8.59. The zero-order valence-electron chi connectivity index (χ0n) is 11.3. The minimum Gasteiger partial charge on any atom is -0.380 e. The number of hydrogen-bond donors (Lipinski definition) is 1. The van der Waals surface area contributed by atoms with Gasteiger partial charge in [0.2, 0.25) is 0 Å². The molecule has 3 heterocycles. The van der Waals surface area contributed by atoms with E-state index in [1.165, 1.54) is 0 Å². The number of halogens is 1. The van der Waals surface area contributed by atoms with E-state index in [2.05, 4.69) is 42.4 Å². The lowest BCUT2D eigenvalue weighted by atomic mass is 10.2. The average molecular weight is 332 g/mol. The standard InChI is InChI=1S/C14H14BrN5/c1-9-13-4-12(8-18-14(13)20(2)19-9)17-6-10-3-11(15)7-16-5-10/h3-5,7-8,17H,6H2,1-2H3. The minimum atomic E-state index is 0.707. The van der Waals surface area contributed by atoms with Gasteiger partial charge in [0.05, 0.1) is 17.6 Å². The number of nitrogens with one attached hydrogen (secondary N) is 1. The number of fused-ring (bicyclic) bond motifs is 1. The third kappa shape index (κ3) is 2.51. The molecule has 5 nitrogen and oxygen atoms in total. The van der Waals surface area contributed by atoms with Crippen LogP contribution < -0.4 is 5.32 Å². The van der Waals surface area contributed by atoms with Crippen molar-refractivity contribution in [1.82, 2.24) is 19.7 Å². The zero-order valence-corrected chi connectivity index (χ0v) is 12.8. The molecule has 102 valence electrons. The Morgan fingerprint density at radius 1 is 1.25 bits per heavy atom. The molecule has 3 aromatic heterocycles. The van der Waals surface area contributed by atoms with Crippen molar-refractivity contribution in [2.75, 3.05) is 5.32 Å². The SMILES string of the molecule is Cc1nn(C)c2ncc(NCc3cncc(Br)c3)cc12. The van der Waals surface area contributed by atoms with E-state index in [9.17, 15) is 0 Å². The first-order valence-electron chi connectivity index (χ1n) is 6.26. The maximum atomic E-state index is 4.44. The fourth-order valence-corrected chi connectivity index (χ4v) is 2.57. The third-order valence-corrected chi connectivity index (χ3v) is 3.55. The Morgan fingerprint density at radius 3 is 2.90 bits per heavy atom. The summed E-state index contributed by atoms with van der Waals surface area (Å²) in [7, 11) is 1.91. The zero-order chi connectivity index (χ0) is 14.1. The maximum Gasteiger partial charge on any atom is 0.157 e. The van der Waals surface area contributed by atoms with Crippen molar-refractivity contribution in [3.8, 4) is 0 Å². The second kappa shape index (κ2) is 5.20. The van der Waals surface area contributed by atoms with Crippen LogP contribution in [0.2, 0.25) is 0 Å². The van der Waals surface area contributed by atoms with Crippen LogP contribution in [0.5, 0.6) is 0 Å². The predicted molar refractivity (Wildman–Crippen MR) is 82.5 cm³/mol. The number of pyridine rings is 2. The van der Waals surface area contributed by atoms with Gasteiger partial charge < -0.3 is 5.32 Å². The van der Waals surface area contributed by atoms with Crippen molar-refractivity contribution in [2.24, 2.45) is 7.05 Å². The Kier molecular flexibility index (Phi) is 3.40. The molecule has 1 N–H and O–H groups in total. The van der Waals surface area contributed by atoms with Crippen molar-refractivity contribution in [2.45, 2.75) is 13.5 Å². The molecule has 0 aliphatic heterocycles. The molecule has 3 aromatic rings. The van der Waals surface area contributed by atoms with E-state index in [1.54, 1.807) is 10.9 Å². The Labute approximate surface area is 125 Å². The lowest BCUT2D eigenvalue weighted by molar-refractivity contribution is 0.774. The molecular formula is C14H14BrN5.